The number of piperidine rings is 1. The lowest BCUT2D eigenvalue weighted by Gasteiger charge is -2.43. The highest BCUT2D eigenvalue weighted by Crippen LogP contribution is 2.58. The zero-order valence-electron chi connectivity index (χ0n) is 16.9. The second-order valence-electron chi connectivity index (χ2n) is 9.36. The van der Waals surface area contributed by atoms with Crippen LogP contribution in [0.1, 0.15) is 55.8 Å². The molecule has 2 aromatic rings. The van der Waals surface area contributed by atoms with Gasteiger partial charge in [-0.3, -0.25) is 4.79 Å². The molecule has 0 spiro atoms. The lowest BCUT2D eigenvalue weighted by atomic mass is 9.68. The summed E-state index contributed by atoms with van der Waals surface area (Å²) < 4.78 is 2.29. The molecule has 1 aliphatic heterocycles. The summed E-state index contributed by atoms with van der Waals surface area (Å²) >= 11 is 0. The average molecular weight is 378 g/mol. The number of hydrogen-bond donors (Lipinski definition) is 0. The van der Waals surface area contributed by atoms with Crippen molar-refractivity contribution in [3.8, 4) is 0 Å². The molecule has 0 N–H and O–H groups in total. The van der Waals surface area contributed by atoms with Crippen LogP contribution in [0.3, 0.4) is 0 Å². The normalized spacial score (nSPS) is 30.1. The van der Waals surface area contributed by atoms with Crippen LogP contribution in [0.4, 0.5) is 0 Å². The number of hydrogen-bond acceptors (Lipinski definition) is 2. The summed E-state index contributed by atoms with van der Waals surface area (Å²) in [7, 11) is 0. The fraction of sp³-hybridized carbons (Fsp3) is 0.583. The Morgan fingerprint density at radius 3 is 2.54 bits per heavy atom. The number of imidazole rings is 1. The van der Waals surface area contributed by atoms with E-state index in [1.807, 2.05) is 12.5 Å². The van der Waals surface area contributed by atoms with Gasteiger partial charge in [0.15, 0.2) is 0 Å². The molecule has 3 aliphatic rings. The highest BCUT2D eigenvalue weighted by Gasteiger charge is 2.56. The van der Waals surface area contributed by atoms with Crippen LogP contribution in [0.5, 0.6) is 0 Å². The molecule has 1 aromatic carbocycles. The molecule has 3 fully saturated rings. The third kappa shape index (κ3) is 2.98. The molecular weight excluding hydrogens is 346 g/mol. The van der Waals surface area contributed by atoms with Crippen molar-refractivity contribution >= 4 is 5.91 Å². The molecule has 28 heavy (non-hydrogen) atoms. The van der Waals surface area contributed by atoms with Crippen molar-refractivity contribution in [2.45, 2.75) is 57.9 Å². The predicted octanol–water partition coefficient (Wildman–Crippen LogP) is 4.40. The first-order chi connectivity index (χ1) is 13.7. The van der Waals surface area contributed by atoms with Crippen molar-refractivity contribution in [1.82, 2.24) is 14.5 Å². The molecule has 2 saturated carbocycles. The Morgan fingerprint density at radius 2 is 1.93 bits per heavy atom. The van der Waals surface area contributed by atoms with Gasteiger partial charge in [0, 0.05) is 31.0 Å². The minimum Gasteiger partial charge on any atom is -0.342 e. The summed E-state index contributed by atoms with van der Waals surface area (Å²) in [6.07, 6.45) is 11.8. The van der Waals surface area contributed by atoms with Gasteiger partial charge in [-0.25, -0.2) is 4.98 Å². The summed E-state index contributed by atoms with van der Waals surface area (Å²) in [4.78, 5) is 20.4. The van der Waals surface area contributed by atoms with E-state index in [2.05, 4.69) is 51.7 Å². The molecule has 3 unspecified atom stereocenters. The summed E-state index contributed by atoms with van der Waals surface area (Å²) in [5, 5.41) is 0. The van der Waals surface area contributed by atoms with E-state index < -0.39 is 0 Å². The lowest BCUT2D eigenvalue weighted by Crippen LogP contribution is -2.50. The number of benzene rings is 1. The topological polar surface area (TPSA) is 38.1 Å². The number of likely N-dealkylation sites (tertiary alicyclic amines) is 1. The van der Waals surface area contributed by atoms with Gasteiger partial charge in [0.2, 0.25) is 5.91 Å². The van der Waals surface area contributed by atoms with E-state index in [0.717, 1.165) is 44.7 Å². The first-order valence-corrected chi connectivity index (χ1v) is 11.0. The number of aromatic nitrogens is 2. The number of carbonyl (C=O) groups is 1. The van der Waals surface area contributed by atoms with Crippen molar-refractivity contribution in [1.29, 1.82) is 0 Å². The van der Waals surface area contributed by atoms with Gasteiger partial charge in [-0.15, -0.1) is 0 Å². The molecule has 2 heterocycles. The van der Waals surface area contributed by atoms with E-state index in [-0.39, 0.29) is 5.41 Å². The largest absolute Gasteiger partial charge is 0.342 e. The number of fused-ring (bicyclic) bond motifs is 2. The van der Waals surface area contributed by atoms with Crippen molar-refractivity contribution in [2.24, 2.45) is 17.3 Å². The van der Waals surface area contributed by atoms with Crippen molar-refractivity contribution in [3.05, 3.63) is 54.1 Å². The standard InChI is InChI=1S/C24H31N3O/c1-18-16-25-17-27(18)22-9-11-26(12-10-22)23(28)24(14-19-5-3-2-4-6-19)15-20-7-8-21(24)13-20/h2-6,16-17,20-22H,7-15H2,1H3. The summed E-state index contributed by atoms with van der Waals surface area (Å²) in [5.74, 6) is 1.80. The first kappa shape index (κ1) is 18.0. The van der Waals surface area contributed by atoms with Gasteiger partial charge in [-0.05, 0) is 62.8 Å². The zero-order valence-corrected chi connectivity index (χ0v) is 16.9. The van der Waals surface area contributed by atoms with E-state index in [0.29, 0.717) is 17.9 Å². The molecule has 1 saturated heterocycles. The maximum atomic E-state index is 13.9. The molecule has 5 rings (SSSR count). The Morgan fingerprint density at radius 1 is 1.14 bits per heavy atom. The molecule has 1 amide bonds. The Bertz CT molecular complexity index is 837. The third-order valence-corrected chi connectivity index (χ3v) is 7.77. The van der Waals surface area contributed by atoms with Gasteiger partial charge in [0.05, 0.1) is 11.7 Å². The Labute approximate surface area is 168 Å². The van der Waals surface area contributed by atoms with Crippen LogP contribution in [-0.2, 0) is 11.2 Å². The molecular formula is C24H31N3O. The van der Waals surface area contributed by atoms with Crippen LogP contribution in [0.2, 0.25) is 0 Å². The lowest BCUT2D eigenvalue weighted by molar-refractivity contribution is -0.147. The third-order valence-electron chi connectivity index (χ3n) is 7.77. The van der Waals surface area contributed by atoms with Crippen LogP contribution < -0.4 is 0 Å². The number of nitrogens with zero attached hydrogens (tertiary/aromatic N) is 3. The van der Waals surface area contributed by atoms with E-state index in [1.165, 1.54) is 30.5 Å². The summed E-state index contributed by atoms with van der Waals surface area (Å²) in [6, 6.07) is 11.2. The SMILES string of the molecule is Cc1cncn1C1CCN(C(=O)C2(Cc3ccccc3)CC3CCC2C3)CC1. The fourth-order valence-electron chi connectivity index (χ4n) is 6.37. The van der Waals surface area contributed by atoms with Gasteiger partial charge < -0.3 is 9.47 Å². The van der Waals surface area contributed by atoms with E-state index in [1.54, 1.807) is 0 Å². The minimum atomic E-state index is -0.151. The smallest absolute Gasteiger partial charge is 0.229 e. The molecule has 2 aliphatic carbocycles. The minimum absolute atomic E-state index is 0.151. The molecule has 1 aromatic heterocycles. The maximum Gasteiger partial charge on any atom is 0.229 e. The molecule has 4 nitrogen and oxygen atoms in total. The zero-order chi connectivity index (χ0) is 19.1. The number of carbonyl (C=O) groups excluding carboxylic acids is 1. The molecule has 2 bridgehead atoms. The van der Waals surface area contributed by atoms with Gasteiger partial charge in [0.25, 0.3) is 0 Å². The van der Waals surface area contributed by atoms with Gasteiger partial charge in [-0.1, -0.05) is 36.8 Å². The Kier molecular flexibility index (Phi) is 4.53. The molecule has 3 atom stereocenters. The van der Waals surface area contributed by atoms with Gasteiger partial charge in [0.1, 0.15) is 0 Å². The Balaban J connectivity index is 1.34. The van der Waals surface area contributed by atoms with E-state index >= 15 is 0 Å². The number of amides is 1. The van der Waals surface area contributed by atoms with Gasteiger partial charge >= 0.3 is 0 Å². The second-order valence-corrected chi connectivity index (χ2v) is 9.36. The first-order valence-electron chi connectivity index (χ1n) is 11.0. The van der Waals surface area contributed by atoms with Crippen molar-refractivity contribution < 1.29 is 4.79 Å². The average Bonchev–Trinajstić information content (AvgIpc) is 3.45. The predicted molar refractivity (Wildman–Crippen MR) is 110 cm³/mol. The van der Waals surface area contributed by atoms with Crippen molar-refractivity contribution in [2.75, 3.05) is 13.1 Å². The molecule has 4 heteroatoms. The highest BCUT2D eigenvalue weighted by atomic mass is 16.2. The fourth-order valence-corrected chi connectivity index (χ4v) is 6.37. The summed E-state index contributed by atoms with van der Waals surface area (Å²) in [5.41, 5.74) is 2.40. The van der Waals surface area contributed by atoms with Crippen LogP contribution in [0.25, 0.3) is 0 Å². The molecule has 0 radical (unpaired) electrons. The highest BCUT2D eigenvalue weighted by molar-refractivity contribution is 5.84. The second kappa shape index (κ2) is 7.06. The van der Waals surface area contributed by atoms with Crippen LogP contribution in [-0.4, -0.2) is 33.4 Å². The number of rotatable bonds is 4. The van der Waals surface area contributed by atoms with Gasteiger partial charge in [-0.2, -0.15) is 0 Å². The maximum absolute atomic E-state index is 13.9. The van der Waals surface area contributed by atoms with Crippen LogP contribution >= 0.6 is 0 Å². The quantitative estimate of drug-likeness (QED) is 0.792. The monoisotopic (exact) mass is 377 g/mol. The van der Waals surface area contributed by atoms with Crippen LogP contribution in [0, 0.1) is 24.2 Å². The van der Waals surface area contributed by atoms with Crippen molar-refractivity contribution in [3.63, 3.8) is 0 Å². The van der Waals surface area contributed by atoms with E-state index in [9.17, 15) is 4.79 Å². The van der Waals surface area contributed by atoms with E-state index in [4.69, 9.17) is 0 Å². The Hall–Kier alpha value is -2.10. The van der Waals surface area contributed by atoms with Crippen LogP contribution in [0.15, 0.2) is 42.9 Å². The number of aryl methyl sites for hydroxylation is 1. The summed E-state index contributed by atoms with van der Waals surface area (Å²) in [6.45, 7) is 3.89. The molecule has 148 valence electrons.